The maximum Gasteiger partial charge on any atom is 0.0823 e. The molecule has 0 amide bonds. The smallest absolute Gasteiger partial charge is 0.0823 e. The minimum Gasteiger partial charge on any atom is -1.00 e. The normalized spacial score (nSPS) is 9.67. The Labute approximate surface area is 190 Å². The van der Waals surface area contributed by atoms with Crippen LogP contribution in [-0.2, 0) is 18.6 Å². The summed E-state index contributed by atoms with van der Waals surface area (Å²) in [6.45, 7) is 2.04. The molecule has 0 N–H and O–H groups in total. The van der Waals surface area contributed by atoms with E-state index in [0.717, 1.165) is 28.3 Å². The Hall–Kier alpha value is -1.62. The Morgan fingerprint density at radius 3 is 1.41 bits per heavy atom. The molecule has 3 aromatic rings. The van der Waals surface area contributed by atoms with Crippen molar-refractivity contribution in [2.45, 2.75) is 6.92 Å². The van der Waals surface area contributed by atoms with Crippen molar-refractivity contribution in [1.82, 2.24) is 4.98 Å². The SMILES string of the molecule is Cc1cc(C=Nc2ccccc2)nc(C=Nc2ccccc2)c1.[Cl-].[Cl-].[Cl-].[V]. The van der Waals surface area contributed by atoms with Crippen LogP contribution in [0.2, 0.25) is 0 Å². The Balaban J connectivity index is 0. The van der Waals surface area contributed by atoms with Crippen LogP contribution in [0.4, 0.5) is 11.4 Å². The molecule has 1 heterocycles. The molecule has 0 saturated carbocycles. The van der Waals surface area contributed by atoms with Crippen molar-refractivity contribution in [3.63, 3.8) is 0 Å². The Morgan fingerprint density at radius 1 is 0.667 bits per heavy atom. The number of nitrogens with zero attached hydrogens (tertiary/aromatic N) is 3. The third-order valence-corrected chi connectivity index (χ3v) is 3.21. The van der Waals surface area contributed by atoms with Gasteiger partial charge in [0, 0.05) is 18.6 Å². The predicted molar refractivity (Wildman–Crippen MR) is 96.4 cm³/mol. The van der Waals surface area contributed by atoms with Gasteiger partial charge in [-0.25, -0.2) is 4.98 Å². The van der Waals surface area contributed by atoms with Crippen LogP contribution >= 0.6 is 0 Å². The number of aliphatic imine (C=N–C) groups is 2. The summed E-state index contributed by atoms with van der Waals surface area (Å²) in [5.41, 5.74) is 4.60. The second-order valence-corrected chi connectivity index (χ2v) is 5.18. The van der Waals surface area contributed by atoms with Crippen molar-refractivity contribution in [1.29, 1.82) is 0 Å². The zero-order valence-electron chi connectivity index (χ0n) is 14.5. The zero-order valence-corrected chi connectivity index (χ0v) is 18.2. The molecule has 0 atom stereocenters. The van der Waals surface area contributed by atoms with Crippen molar-refractivity contribution in [3.05, 3.63) is 89.7 Å². The van der Waals surface area contributed by atoms with Crippen LogP contribution in [0.15, 0.2) is 82.8 Å². The van der Waals surface area contributed by atoms with Crippen molar-refractivity contribution in [2.24, 2.45) is 9.98 Å². The van der Waals surface area contributed by atoms with Gasteiger partial charge in [-0.3, -0.25) is 9.98 Å². The predicted octanol–water partition coefficient (Wildman–Crippen LogP) is -4.10. The van der Waals surface area contributed by atoms with Gasteiger partial charge in [0.15, 0.2) is 0 Å². The molecular formula is C20H17Cl3N3V-3. The van der Waals surface area contributed by atoms with E-state index in [9.17, 15) is 0 Å². The van der Waals surface area contributed by atoms with Crippen LogP contribution < -0.4 is 37.2 Å². The first-order valence-corrected chi connectivity index (χ1v) is 7.46. The number of aromatic nitrogens is 1. The average molecular weight is 457 g/mol. The van der Waals surface area contributed by atoms with Crippen molar-refractivity contribution >= 4 is 23.8 Å². The summed E-state index contributed by atoms with van der Waals surface area (Å²) in [5, 5.41) is 0. The number of halogens is 3. The summed E-state index contributed by atoms with van der Waals surface area (Å²) in [7, 11) is 0. The zero-order chi connectivity index (χ0) is 15.9. The van der Waals surface area contributed by atoms with Crippen molar-refractivity contribution in [3.8, 4) is 0 Å². The van der Waals surface area contributed by atoms with Gasteiger partial charge in [-0.1, -0.05) is 36.4 Å². The van der Waals surface area contributed by atoms with E-state index in [-0.39, 0.29) is 55.8 Å². The van der Waals surface area contributed by atoms with E-state index >= 15 is 0 Å². The van der Waals surface area contributed by atoms with E-state index in [1.165, 1.54) is 0 Å². The molecule has 0 aliphatic heterocycles. The third kappa shape index (κ3) is 9.23. The summed E-state index contributed by atoms with van der Waals surface area (Å²) in [5.74, 6) is 0. The van der Waals surface area contributed by atoms with Crippen molar-refractivity contribution < 1.29 is 55.8 Å². The third-order valence-electron chi connectivity index (χ3n) is 3.21. The number of aryl methyl sites for hydroxylation is 1. The van der Waals surface area contributed by atoms with Crippen LogP contribution in [-0.4, -0.2) is 17.4 Å². The summed E-state index contributed by atoms with van der Waals surface area (Å²) < 4.78 is 0. The molecule has 27 heavy (non-hydrogen) atoms. The largest absolute Gasteiger partial charge is 1.00 e. The Kier molecular flexibility index (Phi) is 14.8. The van der Waals surface area contributed by atoms with Gasteiger partial charge in [-0.2, -0.15) is 0 Å². The number of hydrogen-bond donors (Lipinski definition) is 0. The molecule has 0 bridgehead atoms. The van der Waals surface area contributed by atoms with E-state index in [4.69, 9.17) is 0 Å². The van der Waals surface area contributed by atoms with Crippen LogP contribution in [0.1, 0.15) is 17.0 Å². The maximum absolute atomic E-state index is 4.57. The number of benzene rings is 2. The van der Waals surface area contributed by atoms with Gasteiger partial charge in [-0.05, 0) is 48.9 Å². The van der Waals surface area contributed by atoms with Gasteiger partial charge in [-0.15, -0.1) is 0 Å². The van der Waals surface area contributed by atoms with E-state index in [0.29, 0.717) is 0 Å². The molecule has 3 rings (SSSR count). The van der Waals surface area contributed by atoms with Crippen LogP contribution in [0.3, 0.4) is 0 Å². The number of hydrogen-bond acceptors (Lipinski definition) is 3. The van der Waals surface area contributed by atoms with Gasteiger partial charge < -0.3 is 37.2 Å². The van der Waals surface area contributed by atoms with E-state index in [2.05, 4.69) is 15.0 Å². The average Bonchev–Trinajstić information content (AvgIpc) is 2.60. The Bertz CT molecular complexity index is 774. The molecule has 2 aromatic carbocycles. The van der Waals surface area contributed by atoms with Gasteiger partial charge >= 0.3 is 0 Å². The summed E-state index contributed by atoms with van der Waals surface area (Å²) in [6, 6.07) is 23.7. The van der Waals surface area contributed by atoms with E-state index in [1.54, 1.807) is 12.4 Å². The van der Waals surface area contributed by atoms with Crippen molar-refractivity contribution in [2.75, 3.05) is 0 Å². The van der Waals surface area contributed by atoms with Gasteiger partial charge in [0.2, 0.25) is 0 Å². The molecule has 0 unspecified atom stereocenters. The topological polar surface area (TPSA) is 37.6 Å². The molecule has 0 aliphatic rings. The monoisotopic (exact) mass is 455 g/mol. The van der Waals surface area contributed by atoms with Gasteiger partial charge in [0.25, 0.3) is 0 Å². The first-order chi connectivity index (χ1) is 11.3. The Morgan fingerprint density at radius 2 is 1.04 bits per heavy atom. The van der Waals surface area contributed by atoms with Gasteiger partial charge in [0.1, 0.15) is 0 Å². The van der Waals surface area contributed by atoms with Gasteiger partial charge in [0.05, 0.1) is 35.2 Å². The van der Waals surface area contributed by atoms with E-state index in [1.807, 2.05) is 79.7 Å². The second-order valence-electron chi connectivity index (χ2n) is 5.18. The minimum absolute atomic E-state index is 0. The molecule has 0 fully saturated rings. The summed E-state index contributed by atoms with van der Waals surface area (Å²) >= 11 is 0. The number of rotatable bonds is 4. The molecule has 7 heteroatoms. The number of para-hydroxylation sites is 2. The second kappa shape index (κ2) is 14.4. The molecule has 1 radical (unpaired) electrons. The molecule has 1 aromatic heterocycles. The first kappa shape index (κ1) is 27.6. The summed E-state index contributed by atoms with van der Waals surface area (Å²) in [6.07, 6.45) is 3.56. The standard InChI is InChI=1S/C20H17N3.3ClH.V/c1-16-12-19(14-21-17-8-4-2-5-9-17)23-20(13-16)15-22-18-10-6-3-7-11-18;;;;/h2-15H,1H3;3*1H;/p-3. The maximum atomic E-state index is 4.57. The minimum atomic E-state index is 0. The van der Waals surface area contributed by atoms with Crippen LogP contribution in [0.25, 0.3) is 0 Å². The molecule has 141 valence electrons. The summed E-state index contributed by atoms with van der Waals surface area (Å²) in [4.78, 5) is 13.5. The molecular weight excluding hydrogens is 440 g/mol. The fraction of sp³-hybridized carbons (Fsp3) is 0.0500. The molecule has 0 aliphatic carbocycles. The first-order valence-electron chi connectivity index (χ1n) is 7.46. The quantitative estimate of drug-likeness (QED) is 0.368. The fourth-order valence-electron chi connectivity index (χ4n) is 2.16. The fourth-order valence-corrected chi connectivity index (χ4v) is 2.16. The molecule has 0 saturated heterocycles. The number of pyridine rings is 1. The van der Waals surface area contributed by atoms with Crippen LogP contribution in [0, 0.1) is 6.92 Å². The van der Waals surface area contributed by atoms with E-state index < -0.39 is 0 Å². The molecule has 0 spiro atoms. The molecule has 3 nitrogen and oxygen atoms in total. The van der Waals surface area contributed by atoms with Crippen LogP contribution in [0.5, 0.6) is 0 Å².